The van der Waals surface area contributed by atoms with Gasteiger partial charge in [-0.05, 0) is 13.8 Å². The van der Waals surface area contributed by atoms with Crippen LogP contribution in [0.2, 0.25) is 5.02 Å². The molecule has 3 amide bonds. The normalized spacial score (nSPS) is 17.8. The van der Waals surface area contributed by atoms with Gasteiger partial charge in [0.05, 0.1) is 22.8 Å². The van der Waals surface area contributed by atoms with E-state index in [0.717, 1.165) is 0 Å². The van der Waals surface area contributed by atoms with E-state index < -0.39 is 6.04 Å². The van der Waals surface area contributed by atoms with Crippen LogP contribution in [0.3, 0.4) is 0 Å². The molecule has 0 aromatic carbocycles. The zero-order valence-electron chi connectivity index (χ0n) is 13.4. The van der Waals surface area contributed by atoms with Crippen LogP contribution in [0.15, 0.2) is 0 Å². The number of rotatable bonds is 4. The van der Waals surface area contributed by atoms with Gasteiger partial charge in [0.15, 0.2) is 0 Å². The Morgan fingerprint density at radius 1 is 1.43 bits per heavy atom. The number of piperazine rings is 1. The van der Waals surface area contributed by atoms with Gasteiger partial charge in [0.1, 0.15) is 12.6 Å². The van der Waals surface area contributed by atoms with Crippen LogP contribution in [-0.2, 0) is 20.9 Å². The van der Waals surface area contributed by atoms with E-state index in [9.17, 15) is 14.4 Å². The first-order valence-corrected chi connectivity index (χ1v) is 7.70. The summed E-state index contributed by atoms with van der Waals surface area (Å²) >= 11 is 6.08. The second kappa shape index (κ2) is 6.99. The van der Waals surface area contributed by atoms with Gasteiger partial charge >= 0.3 is 0 Å². The fraction of sp³-hybridized carbons (Fsp3) is 0.571. The molecule has 0 aliphatic carbocycles. The Hall–Kier alpha value is -2.09. The molecular weight excluding hydrogens is 322 g/mol. The molecule has 0 radical (unpaired) electrons. The molecular formula is C14H20ClN5O3. The standard InChI is InChI=1S/C14H20ClN5O3/c1-8-13(15)9(2)20(18-8)7-12(22)19-5-4-17-14(23)10(19)6-11(21)16-3/h10H,4-7H2,1-3H3,(H,16,21)(H,17,23)/t10-/m1/s1. The van der Waals surface area contributed by atoms with Crippen molar-refractivity contribution in [1.29, 1.82) is 0 Å². The number of carbonyl (C=O) groups is 3. The summed E-state index contributed by atoms with van der Waals surface area (Å²) in [5.74, 6) is -0.880. The monoisotopic (exact) mass is 341 g/mol. The summed E-state index contributed by atoms with van der Waals surface area (Å²) in [6.07, 6.45) is -0.0635. The smallest absolute Gasteiger partial charge is 0.245 e. The maximum absolute atomic E-state index is 12.6. The quantitative estimate of drug-likeness (QED) is 0.780. The SMILES string of the molecule is CNC(=O)C[C@@H]1C(=O)NCCN1C(=O)Cn1nc(C)c(Cl)c1C. The van der Waals surface area contributed by atoms with E-state index in [-0.39, 0.29) is 30.7 Å². The van der Waals surface area contributed by atoms with Gasteiger partial charge in [-0.15, -0.1) is 0 Å². The van der Waals surface area contributed by atoms with Crippen LogP contribution in [0.5, 0.6) is 0 Å². The third kappa shape index (κ3) is 3.64. The molecule has 1 atom stereocenters. The van der Waals surface area contributed by atoms with Crippen molar-refractivity contribution in [1.82, 2.24) is 25.3 Å². The Morgan fingerprint density at radius 3 is 2.70 bits per heavy atom. The summed E-state index contributed by atoms with van der Waals surface area (Å²) in [5, 5.41) is 9.90. The van der Waals surface area contributed by atoms with Gasteiger partial charge in [0.2, 0.25) is 17.7 Å². The zero-order chi connectivity index (χ0) is 17.1. The molecule has 2 N–H and O–H groups in total. The van der Waals surface area contributed by atoms with Crippen molar-refractivity contribution in [3.8, 4) is 0 Å². The van der Waals surface area contributed by atoms with Gasteiger partial charge < -0.3 is 15.5 Å². The molecule has 0 spiro atoms. The van der Waals surface area contributed by atoms with E-state index in [1.54, 1.807) is 13.8 Å². The molecule has 1 saturated heterocycles. The number of nitrogens with zero attached hydrogens (tertiary/aromatic N) is 3. The zero-order valence-corrected chi connectivity index (χ0v) is 14.1. The van der Waals surface area contributed by atoms with E-state index in [4.69, 9.17) is 11.6 Å². The summed E-state index contributed by atoms with van der Waals surface area (Å²) in [6, 6.07) is -0.802. The number of amides is 3. The first-order valence-electron chi connectivity index (χ1n) is 7.32. The highest BCUT2D eigenvalue weighted by atomic mass is 35.5. The fourth-order valence-electron chi connectivity index (χ4n) is 2.54. The number of hydrogen-bond acceptors (Lipinski definition) is 4. The van der Waals surface area contributed by atoms with E-state index in [1.165, 1.54) is 16.6 Å². The van der Waals surface area contributed by atoms with Crippen LogP contribution in [0.4, 0.5) is 0 Å². The first kappa shape index (κ1) is 17.3. The first-order chi connectivity index (χ1) is 10.8. The lowest BCUT2D eigenvalue weighted by molar-refractivity contribution is -0.145. The average molecular weight is 342 g/mol. The molecule has 0 unspecified atom stereocenters. The fourth-order valence-corrected chi connectivity index (χ4v) is 2.68. The third-order valence-corrected chi connectivity index (χ3v) is 4.43. The van der Waals surface area contributed by atoms with Gasteiger partial charge in [-0.2, -0.15) is 5.10 Å². The van der Waals surface area contributed by atoms with Crippen LogP contribution in [0.1, 0.15) is 17.8 Å². The maximum atomic E-state index is 12.6. The van der Waals surface area contributed by atoms with E-state index in [1.807, 2.05) is 0 Å². The summed E-state index contributed by atoms with van der Waals surface area (Å²) in [5.41, 5.74) is 1.34. The molecule has 2 rings (SSSR count). The van der Waals surface area contributed by atoms with Gasteiger partial charge in [-0.3, -0.25) is 19.1 Å². The molecule has 126 valence electrons. The van der Waals surface area contributed by atoms with Gasteiger partial charge in [0, 0.05) is 20.1 Å². The number of nitrogens with one attached hydrogen (secondary N) is 2. The molecule has 1 aliphatic rings. The number of hydrogen-bond donors (Lipinski definition) is 2. The number of halogens is 1. The van der Waals surface area contributed by atoms with Crippen molar-refractivity contribution < 1.29 is 14.4 Å². The molecule has 1 aromatic heterocycles. The molecule has 23 heavy (non-hydrogen) atoms. The third-order valence-electron chi connectivity index (χ3n) is 3.89. The summed E-state index contributed by atoms with van der Waals surface area (Å²) in [4.78, 5) is 37.6. The predicted molar refractivity (Wildman–Crippen MR) is 83.9 cm³/mol. The molecule has 0 bridgehead atoms. The minimum Gasteiger partial charge on any atom is -0.359 e. The molecule has 2 heterocycles. The van der Waals surface area contributed by atoms with Crippen molar-refractivity contribution >= 4 is 29.3 Å². The Labute approximate surface area is 139 Å². The van der Waals surface area contributed by atoms with Crippen molar-refractivity contribution in [3.05, 3.63) is 16.4 Å². The number of aryl methyl sites for hydroxylation is 1. The van der Waals surface area contributed by atoms with E-state index in [2.05, 4.69) is 15.7 Å². The minimum atomic E-state index is -0.802. The largest absolute Gasteiger partial charge is 0.359 e. The predicted octanol–water partition coefficient (Wildman–Crippen LogP) is -0.384. The van der Waals surface area contributed by atoms with Crippen LogP contribution < -0.4 is 10.6 Å². The summed E-state index contributed by atoms with van der Waals surface area (Å²) in [7, 11) is 1.49. The Kier molecular flexibility index (Phi) is 5.25. The van der Waals surface area contributed by atoms with Crippen molar-refractivity contribution in [2.75, 3.05) is 20.1 Å². The van der Waals surface area contributed by atoms with Gasteiger partial charge in [0.25, 0.3) is 0 Å². The van der Waals surface area contributed by atoms with Crippen LogP contribution in [0.25, 0.3) is 0 Å². The van der Waals surface area contributed by atoms with Crippen molar-refractivity contribution in [2.24, 2.45) is 0 Å². The average Bonchev–Trinajstić information content (AvgIpc) is 2.76. The number of carbonyl (C=O) groups excluding carboxylic acids is 3. The van der Waals surface area contributed by atoms with Crippen LogP contribution in [-0.4, -0.2) is 58.6 Å². The second-order valence-electron chi connectivity index (χ2n) is 5.41. The van der Waals surface area contributed by atoms with Crippen LogP contribution >= 0.6 is 11.6 Å². The Morgan fingerprint density at radius 2 is 2.13 bits per heavy atom. The van der Waals surface area contributed by atoms with Crippen molar-refractivity contribution in [3.63, 3.8) is 0 Å². The summed E-state index contributed by atoms with van der Waals surface area (Å²) in [6.45, 7) is 4.25. The Balaban J connectivity index is 2.16. The lowest BCUT2D eigenvalue weighted by Gasteiger charge is -2.34. The Bertz CT molecular complexity index is 643. The highest BCUT2D eigenvalue weighted by Gasteiger charge is 2.34. The van der Waals surface area contributed by atoms with Gasteiger partial charge in [-0.1, -0.05) is 11.6 Å². The molecule has 0 saturated carbocycles. The topological polar surface area (TPSA) is 96.3 Å². The highest BCUT2D eigenvalue weighted by molar-refractivity contribution is 6.31. The molecule has 1 fully saturated rings. The maximum Gasteiger partial charge on any atom is 0.245 e. The molecule has 8 nitrogen and oxygen atoms in total. The van der Waals surface area contributed by atoms with Gasteiger partial charge in [-0.25, -0.2) is 0 Å². The molecule has 1 aromatic rings. The summed E-state index contributed by atoms with van der Waals surface area (Å²) < 4.78 is 1.52. The van der Waals surface area contributed by atoms with Crippen LogP contribution in [0, 0.1) is 13.8 Å². The van der Waals surface area contributed by atoms with Crippen molar-refractivity contribution in [2.45, 2.75) is 32.9 Å². The minimum absolute atomic E-state index is 0.0169. The second-order valence-corrected chi connectivity index (χ2v) is 5.79. The highest BCUT2D eigenvalue weighted by Crippen LogP contribution is 2.19. The van der Waals surface area contributed by atoms with E-state index in [0.29, 0.717) is 29.5 Å². The lowest BCUT2D eigenvalue weighted by atomic mass is 10.1. The van der Waals surface area contributed by atoms with E-state index >= 15 is 0 Å². The lowest BCUT2D eigenvalue weighted by Crippen LogP contribution is -2.58. The molecule has 9 heteroatoms. The molecule has 1 aliphatic heterocycles. The number of aromatic nitrogens is 2.